The van der Waals surface area contributed by atoms with E-state index in [4.69, 9.17) is 4.42 Å². The van der Waals surface area contributed by atoms with Gasteiger partial charge in [0.15, 0.2) is 0 Å². The van der Waals surface area contributed by atoms with Crippen LogP contribution in [0.1, 0.15) is 74.9 Å². The predicted molar refractivity (Wildman–Crippen MR) is 337 cm³/mol. The maximum atomic E-state index is 7.51. The van der Waals surface area contributed by atoms with Crippen molar-refractivity contribution in [1.29, 1.82) is 0 Å². The Labute approximate surface area is 459 Å². The van der Waals surface area contributed by atoms with E-state index in [0.717, 1.165) is 61.6 Å². The van der Waals surface area contributed by atoms with Crippen molar-refractivity contribution in [2.45, 2.75) is 90.5 Å². The number of hydrogen-bond acceptors (Lipinski definition) is 3. The van der Waals surface area contributed by atoms with Crippen molar-refractivity contribution in [3.63, 3.8) is 0 Å². The van der Waals surface area contributed by atoms with Gasteiger partial charge in [-0.2, -0.15) is 0 Å². The van der Waals surface area contributed by atoms with Crippen molar-refractivity contribution >= 4 is 94.1 Å². The molecule has 0 radical (unpaired) electrons. The minimum Gasteiger partial charge on any atom is -0.455 e. The minimum absolute atomic E-state index is 0.00708. The Morgan fingerprint density at radius 2 is 0.844 bits per heavy atom. The first kappa shape index (κ1) is 50.1. The summed E-state index contributed by atoms with van der Waals surface area (Å²) in [6, 6.07) is 82.9. The van der Waals surface area contributed by atoms with E-state index in [1.54, 1.807) is 0 Å². The number of benzene rings is 10. The Hall–Kier alpha value is -7.71. The van der Waals surface area contributed by atoms with Crippen LogP contribution in [0.5, 0.6) is 0 Å². The summed E-state index contributed by atoms with van der Waals surface area (Å²) in [5.41, 5.74) is 17.4. The van der Waals surface area contributed by atoms with Crippen molar-refractivity contribution < 1.29 is 4.42 Å². The molecule has 0 fully saturated rings. The monoisotopic (exact) mass is 1030 g/mol. The number of anilines is 6. The quantitative estimate of drug-likeness (QED) is 0.127. The summed E-state index contributed by atoms with van der Waals surface area (Å²) in [6.45, 7) is 25.9. The molecule has 0 unspecified atom stereocenters. The first-order chi connectivity index (χ1) is 36.9. The first-order valence-electron chi connectivity index (χ1n) is 27.6. The van der Waals surface area contributed by atoms with Gasteiger partial charge in [0.05, 0.1) is 39.0 Å². The molecule has 0 saturated carbocycles. The zero-order chi connectivity index (χ0) is 53.6. The molecule has 12 rings (SSSR count). The average Bonchev–Trinajstić information content (AvgIpc) is 4.15. The number of fused-ring (bicyclic) bond motifs is 9. The van der Waals surface area contributed by atoms with Crippen LogP contribution in [0.2, 0.25) is 32.7 Å². The normalized spacial score (nSPS) is 13.4. The molecule has 1 heterocycles. The van der Waals surface area contributed by atoms with Gasteiger partial charge in [-0.15, -0.1) is 0 Å². The number of para-hydroxylation sites is 1. The van der Waals surface area contributed by atoms with Gasteiger partial charge >= 0.3 is 0 Å². The van der Waals surface area contributed by atoms with Crippen LogP contribution in [-0.4, -0.2) is 16.9 Å². The first-order valence-corrected chi connectivity index (χ1v) is 34.0. The van der Waals surface area contributed by atoms with E-state index in [-0.39, 0.29) is 10.8 Å². The SMILES string of the molecule is C[SiH](C)c1ccc(N(c2ccc(C(C)(C)C)cc2)c2cc3c(c4ccccc24)-c2c(cc(N(c4ccc(C(C)(C)C)cc4)c4ccc([Si](C)(C)C)cc4)c4c2oc2ccccc24)C3(c2ccccc2)c2ccccc2)cc1. The summed E-state index contributed by atoms with van der Waals surface area (Å²) in [7, 11) is -2.68. The highest BCUT2D eigenvalue weighted by Crippen LogP contribution is 2.63. The molecule has 10 aromatic carbocycles. The highest BCUT2D eigenvalue weighted by atomic mass is 28.3. The second-order valence-electron chi connectivity index (χ2n) is 24.8. The summed E-state index contributed by atoms with van der Waals surface area (Å²) in [4.78, 5) is 5.02. The number of nitrogens with zero attached hydrogens (tertiary/aromatic N) is 2. The third-order valence-corrected chi connectivity index (χ3v) is 20.2. The summed E-state index contributed by atoms with van der Waals surface area (Å²) in [6.07, 6.45) is 0. The molecule has 1 aliphatic carbocycles. The molecular weight excluding hydrogens is 965 g/mol. The van der Waals surface area contributed by atoms with Gasteiger partial charge in [0.25, 0.3) is 0 Å². The summed E-state index contributed by atoms with van der Waals surface area (Å²) in [5, 5.41) is 7.43. The fourth-order valence-corrected chi connectivity index (χ4v) is 14.3. The third-order valence-electron chi connectivity index (χ3n) is 16.4. The van der Waals surface area contributed by atoms with Gasteiger partial charge in [0, 0.05) is 39.1 Å². The van der Waals surface area contributed by atoms with Crippen LogP contribution in [0, 0.1) is 0 Å². The Kier molecular flexibility index (Phi) is 12.2. The molecule has 0 aliphatic heterocycles. The molecule has 77 heavy (non-hydrogen) atoms. The Balaban J connectivity index is 1.24. The van der Waals surface area contributed by atoms with E-state index in [0.29, 0.717) is 0 Å². The van der Waals surface area contributed by atoms with Crippen LogP contribution in [0.25, 0.3) is 43.8 Å². The van der Waals surface area contributed by atoms with Gasteiger partial charge in [-0.05, 0) is 122 Å². The van der Waals surface area contributed by atoms with Crippen molar-refractivity contribution in [2.75, 3.05) is 9.80 Å². The predicted octanol–water partition coefficient (Wildman–Crippen LogP) is 18.9. The molecule has 0 atom stereocenters. The van der Waals surface area contributed by atoms with E-state index in [1.165, 1.54) is 60.1 Å². The van der Waals surface area contributed by atoms with Gasteiger partial charge in [0.1, 0.15) is 11.2 Å². The Morgan fingerprint density at radius 1 is 0.429 bits per heavy atom. The molecule has 0 spiro atoms. The van der Waals surface area contributed by atoms with Gasteiger partial charge in [0.2, 0.25) is 0 Å². The van der Waals surface area contributed by atoms with Crippen molar-refractivity contribution in [3.8, 4) is 11.1 Å². The fourth-order valence-electron chi connectivity index (χ4n) is 12.2. The Bertz CT molecular complexity index is 3870. The summed E-state index contributed by atoms with van der Waals surface area (Å²) < 4.78 is 7.51. The van der Waals surface area contributed by atoms with Crippen molar-refractivity contribution in [1.82, 2.24) is 0 Å². The van der Waals surface area contributed by atoms with Gasteiger partial charge in [-0.25, -0.2) is 0 Å². The smallest absolute Gasteiger partial charge is 0.145 e. The molecule has 11 aromatic rings. The van der Waals surface area contributed by atoms with E-state index in [2.05, 4.69) is 302 Å². The third kappa shape index (κ3) is 8.47. The lowest BCUT2D eigenvalue weighted by Gasteiger charge is -2.36. The van der Waals surface area contributed by atoms with Crippen LogP contribution >= 0.6 is 0 Å². The molecule has 0 N–H and O–H groups in total. The maximum absolute atomic E-state index is 7.51. The van der Waals surface area contributed by atoms with E-state index < -0.39 is 22.3 Å². The van der Waals surface area contributed by atoms with Crippen molar-refractivity contribution in [2.24, 2.45) is 0 Å². The van der Waals surface area contributed by atoms with Crippen molar-refractivity contribution in [3.05, 3.63) is 252 Å². The van der Waals surface area contributed by atoms with Crippen LogP contribution < -0.4 is 20.2 Å². The van der Waals surface area contributed by atoms with Crippen LogP contribution in [0.3, 0.4) is 0 Å². The molecule has 382 valence electrons. The number of rotatable bonds is 10. The minimum atomic E-state index is -1.62. The van der Waals surface area contributed by atoms with E-state index >= 15 is 0 Å². The molecule has 5 heteroatoms. The molecule has 0 bridgehead atoms. The number of furan rings is 1. The molecule has 1 aromatic heterocycles. The molecular formula is C72H70N2OSi2. The zero-order valence-electron chi connectivity index (χ0n) is 46.7. The van der Waals surface area contributed by atoms with Crippen LogP contribution in [0.4, 0.5) is 34.1 Å². The number of hydrogen-bond donors (Lipinski definition) is 0. The van der Waals surface area contributed by atoms with Crippen LogP contribution in [-0.2, 0) is 16.2 Å². The lowest BCUT2D eigenvalue weighted by molar-refractivity contribution is 0.590. The van der Waals surface area contributed by atoms with Gasteiger partial charge in [-0.1, -0.05) is 236 Å². The lowest BCUT2D eigenvalue weighted by Crippen LogP contribution is -2.37. The highest BCUT2D eigenvalue weighted by Gasteiger charge is 2.50. The second-order valence-corrected chi connectivity index (χ2v) is 32.8. The van der Waals surface area contributed by atoms with Crippen LogP contribution in [0.15, 0.2) is 223 Å². The van der Waals surface area contributed by atoms with E-state index in [9.17, 15) is 0 Å². The second kappa shape index (κ2) is 18.8. The van der Waals surface area contributed by atoms with Gasteiger partial charge < -0.3 is 14.2 Å². The fraction of sp³-hybridized carbons (Fsp3) is 0.194. The maximum Gasteiger partial charge on any atom is 0.145 e. The van der Waals surface area contributed by atoms with Gasteiger partial charge in [-0.3, -0.25) is 0 Å². The standard InChI is InChI=1S/C72H70N2OSi2/c1-70(2,3)48-30-34-52(35-31-48)73(54-38-42-56(43-39-54)76(7)8)63-46-61-66(59-27-19-18-26-58(59)63)68-62(72(61,50-22-14-12-15-23-50)51-24-16-13-17-25-51)47-64(67-60-28-20-21-29-65(60)75-69(67)68)74(53-36-32-49(33-37-53)71(4,5)6)55-40-44-57(45-41-55)77(9,10)11/h12-47,76H,1-11H3. The lowest BCUT2D eigenvalue weighted by atomic mass is 9.67. The summed E-state index contributed by atoms with van der Waals surface area (Å²) >= 11 is 0. The Morgan fingerprint density at radius 3 is 1.34 bits per heavy atom. The zero-order valence-corrected chi connectivity index (χ0v) is 48.8. The van der Waals surface area contributed by atoms with E-state index in [1.807, 2.05) is 0 Å². The topological polar surface area (TPSA) is 19.6 Å². The molecule has 3 nitrogen and oxygen atoms in total. The highest BCUT2D eigenvalue weighted by molar-refractivity contribution is 6.88. The molecule has 1 aliphatic rings. The molecule has 0 amide bonds. The average molecular weight is 1040 g/mol. The largest absolute Gasteiger partial charge is 0.455 e. The molecule has 0 saturated heterocycles. The summed E-state index contributed by atoms with van der Waals surface area (Å²) in [5.74, 6) is 0.